The maximum Gasteiger partial charge on any atom is 0.236 e. The van der Waals surface area contributed by atoms with Crippen LogP contribution in [-0.2, 0) is 9.53 Å². The third kappa shape index (κ3) is 3.70. The first-order chi connectivity index (χ1) is 9.22. The first-order valence-corrected chi connectivity index (χ1v) is 7.47. The van der Waals surface area contributed by atoms with Crippen LogP contribution in [0, 0.1) is 0 Å². The molecule has 1 aromatic rings. The molecule has 104 valence electrons. The van der Waals surface area contributed by atoms with Crippen molar-refractivity contribution < 1.29 is 9.53 Å². The predicted octanol–water partition coefficient (Wildman–Crippen LogP) is 2.20. The molecule has 1 amide bonds. The van der Waals surface area contributed by atoms with Crippen molar-refractivity contribution in [3.63, 3.8) is 0 Å². The van der Waals surface area contributed by atoms with Gasteiger partial charge in [0.15, 0.2) is 0 Å². The van der Waals surface area contributed by atoms with Gasteiger partial charge in [-0.1, -0.05) is 17.8 Å². The molecular formula is C14H20N2O2S. The maximum atomic E-state index is 12.5. The molecule has 2 rings (SSSR count). The highest BCUT2D eigenvalue weighted by molar-refractivity contribution is 8.00. The van der Waals surface area contributed by atoms with Crippen LogP contribution in [0.2, 0.25) is 0 Å². The summed E-state index contributed by atoms with van der Waals surface area (Å²) >= 11 is 1.52. The summed E-state index contributed by atoms with van der Waals surface area (Å²) < 4.78 is 5.19. The van der Waals surface area contributed by atoms with Gasteiger partial charge < -0.3 is 9.64 Å². The lowest BCUT2D eigenvalue weighted by atomic mass is 10.2. The Bertz CT molecular complexity index is 413. The SMILES string of the molecule is COC[C@@H]1CCCN1C(=O)[C@@H](C)Sc1ccccn1. The molecule has 0 saturated carbocycles. The number of rotatable bonds is 5. The van der Waals surface area contributed by atoms with Gasteiger partial charge in [0.05, 0.1) is 22.9 Å². The van der Waals surface area contributed by atoms with Gasteiger partial charge in [0.25, 0.3) is 0 Å². The molecule has 2 atom stereocenters. The van der Waals surface area contributed by atoms with Gasteiger partial charge in [-0.25, -0.2) is 4.98 Å². The highest BCUT2D eigenvalue weighted by Gasteiger charge is 2.31. The second-order valence-corrected chi connectivity index (χ2v) is 6.07. The number of methoxy groups -OCH3 is 1. The molecule has 1 aliphatic rings. The van der Waals surface area contributed by atoms with Gasteiger partial charge in [0.1, 0.15) is 0 Å². The number of ether oxygens (including phenoxy) is 1. The summed E-state index contributed by atoms with van der Waals surface area (Å²) in [6.45, 7) is 3.43. The first-order valence-electron chi connectivity index (χ1n) is 6.59. The van der Waals surface area contributed by atoms with Gasteiger partial charge in [0.2, 0.25) is 5.91 Å². The van der Waals surface area contributed by atoms with Crippen molar-refractivity contribution >= 4 is 17.7 Å². The molecule has 1 aromatic heterocycles. The number of hydrogen-bond acceptors (Lipinski definition) is 4. The fraction of sp³-hybridized carbons (Fsp3) is 0.571. The molecule has 0 spiro atoms. The standard InChI is InChI=1S/C14H20N2O2S/c1-11(19-13-7-3-4-8-15-13)14(17)16-9-5-6-12(16)10-18-2/h3-4,7-8,11-12H,5-6,9-10H2,1-2H3/t11-,12+/m1/s1. The van der Waals surface area contributed by atoms with Crippen molar-refractivity contribution in [2.75, 3.05) is 20.3 Å². The summed E-state index contributed by atoms with van der Waals surface area (Å²) in [5.74, 6) is 0.190. The summed E-state index contributed by atoms with van der Waals surface area (Å²) in [5.41, 5.74) is 0. The summed E-state index contributed by atoms with van der Waals surface area (Å²) in [7, 11) is 1.69. The van der Waals surface area contributed by atoms with Crippen molar-refractivity contribution in [2.24, 2.45) is 0 Å². The van der Waals surface area contributed by atoms with Crippen LogP contribution >= 0.6 is 11.8 Å². The minimum absolute atomic E-state index is 0.104. The monoisotopic (exact) mass is 280 g/mol. The highest BCUT2D eigenvalue weighted by atomic mass is 32.2. The number of hydrogen-bond donors (Lipinski definition) is 0. The number of pyridine rings is 1. The zero-order valence-electron chi connectivity index (χ0n) is 11.4. The largest absolute Gasteiger partial charge is 0.383 e. The molecular weight excluding hydrogens is 260 g/mol. The third-order valence-corrected chi connectivity index (χ3v) is 4.34. The number of carbonyl (C=O) groups excluding carboxylic acids is 1. The van der Waals surface area contributed by atoms with Gasteiger partial charge in [0, 0.05) is 19.9 Å². The van der Waals surface area contributed by atoms with Crippen molar-refractivity contribution in [1.82, 2.24) is 9.88 Å². The molecule has 0 bridgehead atoms. The molecule has 0 radical (unpaired) electrons. The summed E-state index contributed by atoms with van der Waals surface area (Å²) in [6, 6.07) is 6.00. The molecule has 5 heteroatoms. The van der Waals surface area contributed by atoms with E-state index in [0.717, 1.165) is 24.4 Å². The van der Waals surface area contributed by atoms with E-state index >= 15 is 0 Å². The lowest BCUT2D eigenvalue weighted by Gasteiger charge is -2.26. The molecule has 1 fully saturated rings. The van der Waals surface area contributed by atoms with Crippen molar-refractivity contribution in [2.45, 2.75) is 36.1 Å². The molecule has 4 nitrogen and oxygen atoms in total. The van der Waals surface area contributed by atoms with Crippen molar-refractivity contribution in [1.29, 1.82) is 0 Å². The first kappa shape index (κ1) is 14.3. The van der Waals surface area contributed by atoms with E-state index < -0.39 is 0 Å². The normalized spacial score (nSPS) is 20.5. The lowest BCUT2D eigenvalue weighted by Crippen LogP contribution is -2.42. The quantitative estimate of drug-likeness (QED) is 0.776. The van der Waals surface area contributed by atoms with E-state index in [1.54, 1.807) is 13.3 Å². The second kappa shape index (κ2) is 6.91. The maximum absolute atomic E-state index is 12.5. The van der Waals surface area contributed by atoms with Crippen LogP contribution in [0.25, 0.3) is 0 Å². The van der Waals surface area contributed by atoms with Crippen LogP contribution in [0.1, 0.15) is 19.8 Å². The Morgan fingerprint density at radius 1 is 1.63 bits per heavy atom. The number of aromatic nitrogens is 1. The van der Waals surface area contributed by atoms with Gasteiger partial charge in [-0.15, -0.1) is 0 Å². The molecule has 2 heterocycles. The summed E-state index contributed by atoms with van der Waals surface area (Å²) in [4.78, 5) is 18.7. The van der Waals surface area contributed by atoms with Crippen LogP contribution in [0.4, 0.5) is 0 Å². The Kier molecular flexibility index (Phi) is 5.22. The number of carbonyl (C=O) groups is 1. The lowest BCUT2D eigenvalue weighted by molar-refractivity contribution is -0.132. The molecule has 0 aliphatic carbocycles. The molecule has 0 aromatic carbocycles. The van der Waals surface area contributed by atoms with Gasteiger partial charge in [-0.2, -0.15) is 0 Å². The topological polar surface area (TPSA) is 42.4 Å². The van der Waals surface area contributed by atoms with E-state index in [-0.39, 0.29) is 17.2 Å². The number of nitrogens with zero attached hydrogens (tertiary/aromatic N) is 2. The van der Waals surface area contributed by atoms with E-state index in [1.165, 1.54) is 11.8 Å². The van der Waals surface area contributed by atoms with E-state index in [9.17, 15) is 4.79 Å². The average Bonchev–Trinajstić information content (AvgIpc) is 2.87. The molecule has 19 heavy (non-hydrogen) atoms. The van der Waals surface area contributed by atoms with Crippen LogP contribution in [0.5, 0.6) is 0 Å². The Morgan fingerprint density at radius 2 is 2.47 bits per heavy atom. The predicted molar refractivity (Wildman–Crippen MR) is 76.2 cm³/mol. The minimum atomic E-state index is -0.104. The van der Waals surface area contributed by atoms with Crippen LogP contribution < -0.4 is 0 Å². The van der Waals surface area contributed by atoms with E-state index in [0.29, 0.717) is 6.61 Å². The molecule has 0 unspecified atom stereocenters. The van der Waals surface area contributed by atoms with E-state index in [2.05, 4.69) is 4.98 Å². The number of likely N-dealkylation sites (tertiary alicyclic amines) is 1. The molecule has 0 N–H and O–H groups in total. The zero-order valence-corrected chi connectivity index (χ0v) is 12.2. The zero-order chi connectivity index (χ0) is 13.7. The number of amides is 1. The Labute approximate surface area is 118 Å². The van der Waals surface area contributed by atoms with E-state index in [1.807, 2.05) is 30.0 Å². The molecule has 1 aliphatic heterocycles. The Morgan fingerprint density at radius 3 is 3.16 bits per heavy atom. The van der Waals surface area contributed by atoms with Crippen LogP contribution in [0.3, 0.4) is 0 Å². The van der Waals surface area contributed by atoms with Gasteiger partial charge in [-0.3, -0.25) is 4.79 Å². The smallest absolute Gasteiger partial charge is 0.236 e. The summed E-state index contributed by atoms with van der Waals surface area (Å²) in [5, 5.41) is 0.790. The summed E-state index contributed by atoms with van der Waals surface area (Å²) in [6.07, 6.45) is 3.87. The van der Waals surface area contributed by atoms with Gasteiger partial charge in [-0.05, 0) is 31.9 Å². The fourth-order valence-corrected chi connectivity index (χ4v) is 3.25. The van der Waals surface area contributed by atoms with Gasteiger partial charge >= 0.3 is 0 Å². The second-order valence-electron chi connectivity index (χ2n) is 4.71. The van der Waals surface area contributed by atoms with Crippen molar-refractivity contribution in [3.05, 3.63) is 24.4 Å². The molecule has 1 saturated heterocycles. The third-order valence-electron chi connectivity index (χ3n) is 3.30. The Hall–Kier alpha value is -1.07. The fourth-order valence-electron chi connectivity index (χ4n) is 2.37. The van der Waals surface area contributed by atoms with Crippen molar-refractivity contribution in [3.8, 4) is 0 Å². The minimum Gasteiger partial charge on any atom is -0.383 e. The van der Waals surface area contributed by atoms with Crippen LogP contribution in [-0.4, -0.2) is 47.3 Å². The average molecular weight is 280 g/mol. The van der Waals surface area contributed by atoms with Crippen LogP contribution in [0.15, 0.2) is 29.4 Å². The highest BCUT2D eigenvalue weighted by Crippen LogP contribution is 2.26. The van der Waals surface area contributed by atoms with E-state index in [4.69, 9.17) is 4.74 Å². The Balaban J connectivity index is 1.95. The number of thioether (sulfide) groups is 1.